The van der Waals surface area contributed by atoms with Gasteiger partial charge in [0.05, 0.1) is 17.4 Å². The molecule has 1 aliphatic carbocycles. The van der Waals surface area contributed by atoms with E-state index >= 15 is 0 Å². The lowest BCUT2D eigenvalue weighted by Gasteiger charge is -2.34. The number of hydrogen-bond acceptors (Lipinski definition) is 3. The van der Waals surface area contributed by atoms with Crippen molar-refractivity contribution in [1.82, 2.24) is 0 Å². The summed E-state index contributed by atoms with van der Waals surface area (Å²) in [5.41, 5.74) is 3.47. The van der Waals surface area contributed by atoms with E-state index in [0.717, 1.165) is 50.5 Å². The number of nitrogens with zero attached hydrogens (tertiary/aromatic N) is 1. The Kier molecular flexibility index (Phi) is 10.9. The van der Waals surface area contributed by atoms with Crippen LogP contribution in [-0.4, -0.2) is 5.97 Å². The number of carbonyl (C=O) groups is 1. The van der Waals surface area contributed by atoms with Crippen molar-refractivity contribution in [2.45, 2.75) is 104 Å². The molecule has 0 radical (unpaired) electrons. The third kappa shape index (κ3) is 8.24. The van der Waals surface area contributed by atoms with Gasteiger partial charge in [0, 0.05) is 0 Å². The Morgan fingerprint density at radius 3 is 2.03 bits per heavy atom. The molecular weight excluding hydrogens is 430 g/mol. The monoisotopic (exact) mass is 473 g/mol. The second-order valence-corrected chi connectivity index (χ2v) is 10.4. The number of ether oxygens (including phenoxy) is 1. The van der Waals surface area contributed by atoms with Gasteiger partial charge in [-0.3, -0.25) is 4.79 Å². The number of aryl methyl sites for hydroxylation is 1. The first-order chi connectivity index (χ1) is 17.1. The van der Waals surface area contributed by atoms with Crippen LogP contribution in [0.5, 0.6) is 5.75 Å². The minimum absolute atomic E-state index is 0.100. The Hall–Kier alpha value is -2.60. The predicted octanol–water partition coefficient (Wildman–Crippen LogP) is 9.05. The van der Waals surface area contributed by atoms with Gasteiger partial charge < -0.3 is 4.74 Å². The molecule has 1 fully saturated rings. The molecule has 0 aromatic heterocycles. The van der Waals surface area contributed by atoms with Crippen molar-refractivity contribution in [2.75, 3.05) is 0 Å². The van der Waals surface area contributed by atoms with Gasteiger partial charge in [0.15, 0.2) is 0 Å². The third-order valence-corrected chi connectivity index (χ3v) is 7.70. The Bertz CT molecular complexity index is 931. The maximum atomic E-state index is 12.8. The van der Waals surface area contributed by atoms with Crippen LogP contribution < -0.4 is 4.74 Å². The molecule has 0 saturated heterocycles. The SMILES string of the molecule is CCCCCCCc1ccc(-c2ccc(OC(=O)[C@H]3CC[C@@](C#N)(CCCCC)CC3)cc2)cc1. The highest BCUT2D eigenvalue weighted by Crippen LogP contribution is 2.42. The first-order valence-corrected chi connectivity index (χ1v) is 13.9. The molecule has 0 atom stereocenters. The van der Waals surface area contributed by atoms with Gasteiger partial charge in [-0.05, 0) is 73.8 Å². The highest BCUT2D eigenvalue weighted by molar-refractivity contribution is 5.75. The molecule has 1 saturated carbocycles. The normalized spacial score (nSPS) is 19.7. The second kappa shape index (κ2) is 14.1. The Morgan fingerprint density at radius 2 is 1.43 bits per heavy atom. The van der Waals surface area contributed by atoms with Crippen molar-refractivity contribution < 1.29 is 9.53 Å². The van der Waals surface area contributed by atoms with Gasteiger partial charge in [-0.25, -0.2) is 0 Å². The van der Waals surface area contributed by atoms with Crippen molar-refractivity contribution in [2.24, 2.45) is 11.3 Å². The lowest BCUT2D eigenvalue weighted by atomic mass is 9.69. The number of unbranched alkanes of at least 4 members (excludes halogenated alkanes) is 6. The molecule has 35 heavy (non-hydrogen) atoms. The fourth-order valence-corrected chi connectivity index (χ4v) is 5.25. The van der Waals surface area contributed by atoms with E-state index in [0.29, 0.717) is 5.75 Å². The summed E-state index contributed by atoms with van der Waals surface area (Å²) in [6, 6.07) is 19.2. The van der Waals surface area contributed by atoms with Gasteiger partial charge in [0.2, 0.25) is 0 Å². The Balaban J connectivity index is 1.47. The molecule has 0 N–H and O–H groups in total. The molecule has 3 nitrogen and oxygen atoms in total. The van der Waals surface area contributed by atoms with Gasteiger partial charge in [-0.2, -0.15) is 5.26 Å². The van der Waals surface area contributed by atoms with Gasteiger partial charge in [-0.15, -0.1) is 0 Å². The number of hydrogen-bond donors (Lipinski definition) is 0. The molecule has 3 rings (SSSR count). The first-order valence-electron chi connectivity index (χ1n) is 13.9. The molecule has 0 amide bonds. The average molecular weight is 474 g/mol. The fraction of sp³-hybridized carbons (Fsp3) is 0.562. The highest BCUT2D eigenvalue weighted by Gasteiger charge is 2.37. The Morgan fingerprint density at radius 1 is 0.857 bits per heavy atom. The molecule has 3 heteroatoms. The van der Waals surface area contributed by atoms with Crippen molar-refractivity contribution in [3.8, 4) is 22.9 Å². The van der Waals surface area contributed by atoms with Crippen molar-refractivity contribution in [3.63, 3.8) is 0 Å². The van der Waals surface area contributed by atoms with Crippen molar-refractivity contribution >= 4 is 5.97 Å². The van der Waals surface area contributed by atoms with E-state index < -0.39 is 0 Å². The average Bonchev–Trinajstić information content (AvgIpc) is 2.90. The van der Waals surface area contributed by atoms with Crippen LogP contribution in [-0.2, 0) is 11.2 Å². The van der Waals surface area contributed by atoms with Crippen LogP contribution in [0, 0.1) is 22.7 Å². The zero-order chi connectivity index (χ0) is 24.9. The second-order valence-electron chi connectivity index (χ2n) is 10.4. The van der Waals surface area contributed by atoms with Crippen LogP contribution in [0.1, 0.15) is 103 Å². The first kappa shape index (κ1) is 27.0. The molecule has 0 bridgehead atoms. The van der Waals surface area contributed by atoms with Gasteiger partial charge in [0.1, 0.15) is 5.75 Å². The third-order valence-electron chi connectivity index (χ3n) is 7.70. The summed E-state index contributed by atoms with van der Waals surface area (Å²) in [5.74, 6) is 0.348. The zero-order valence-electron chi connectivity index (χ0n) is 21.9. The summed E-state index contributed by atoms with van der Waals surface area (Å²) in [6.07, 6.45) is 15.2. The molecule has 0 aliphatic heterocycles. The molecular formula is C32H43NO2. The topological polar surface area (TPSA) is 50.1 Å². The van der Waals surface area contributed by atoms with E-state index in [1.165, 1.54) is 56.1 Å². The summed E-state index contributed by atoms with van der Waals surface area (Å²) in [7, 11) is 0. The Labute approximate surface area is 212 Å². The van der Waals surface area contributed by atoms with Crippen LogP contribution in [0.2, 0.25) is 0 Å². The lowest BCUT2D eigenvalue weighted by molar-refractivity contribution is -0.140. The molecule has 188 valence electrons. The minimum Gasteiger partial charge on any atom is -0.426 e. The fourth-order valence-electron chi connectivity index (χ4n) is 5.25. The number of benzene rings is 2. The molecule has 2 aromatic rings. The summed E-state index contributed by atoms with van der Waals surface area (Å²) >= 11 is 0. The van der Waals surface area contributed by atoms with Crippen LogP contribution >= 0.6 is 0 Å². The maximum Gasteiger partial charge on any atom is 0.314 e. The molecule has 0 heterocycles. The minimum atomic E-state index is -0.238. The molecule has 1 aliphatic rings. The summed E-state index contributed by atoms with van der Waals surface area (Å²) in [6.45, 7) is 4.44. The highest BCUT2D eigenvalue weighted by atomic mass is 16.5. The summed E-state index contributed by atoms with van der Waals surface area (Å²) in [4.78, 5) is 12.8. The van der Waals surface area contributed by atoms with Crippen molar-refractivity contribution in [1.29, 1.82) is 5.26 Å². The van der Waals surface area contributed by atoms with E-state index in [2.05, 4.69) is 44.2 Å². The van der Waals surface area contributed by atoms with E-state index in [1.54, 1.807) is 0 Å². The van der Waals surface area contributed by atoms with Crippen LogP contribution in [0.4, 0.5) is 0 Å². The van der Waals surface area contributed by atoms with Crippen molar-refractivity contribution in [3.05, 3.63) is 54.1 Å². The van der Waals surface area contributed by atoms with Gasteiger partial charge >= 0.3 is 5.97 Å². The summed E-state index contributed by atoms with van der Waals surface area (Å²) in [5, 5.41) is 9.74. The molecule has 2 aromatic carbocycles. The van der Waals surface area contributed by atoms with Crippen LogP contribution in [0.15, 0.2) is 48.5 Å². The number of nitriles is 1. The molecule has 0 spiro atoms. The van der Waals surface area contributed by atoms with E-state index in [-0.39, 0.29) is 17.3 Å². The number of rotatable bonds is 13. The zero-order valence-corrected chi connectivity index (χ0v) is 21.9. The maximum absolute atomic E-state index is 12.8. The smallest absolute Gasteiger partial charge is 0.314 e. The van der Waals surface area contributed by atoms with E-state index in [1.807, 2.05) is 24.3 Å². The van der Waals surface area contributed by atoms with Gasteiger partial charge in [-0.1, -0.05) is 95.2 Å². The standard InChI is InChI=1S/C32H43NO2/c1-3-5-7-8-9-11-26-12-14-27(15-13-26)28-16-18-30(19-17-28)35-31(34)29-20-23-32(25-33,24-21-29)22-10-6-4-2/h12-19,29H,3-11,20-24H2,1-2H3/t29-,32-. The number of esters is 1. The van der Waals surface area contributed by atoms with E-state index in [4.69, 9.17) is 4.74 Å². The predicted molar refractivity (Wildman–Crippen MR) is 144 cm³/mol. The quantitative estimate of drug-likeness (QED) is 0.166. The number of carbonyl (C=O) groups excluding carboxylic acids is 1. The largest absolute Gasteiger partial charge is 0.426 e. The van der Waals surface area contributed by atoms with E-state index in [9.17, 15) is 10.1 Å². The lowest BCUT2D eigenvalue weighted by Crippen LogP contribution is -2.31. The summed E-state index contributed by atoms with van der Waals surface area (Å²) < 4.78 is 5.71. The molecule has 0 unspecified atom stereocenters. The van der Waals surface area contributed by atoms with Gasteiger partial charge in [0.25, 0.3) is 0 Å². The van der Waals surface area contributed by atoms with Crippen LogP contribution in [0.25, 0.3) is 11.1 Å². The van der Waals surface area contributed by atoms with Crippen LogP contribution in [0.3, 0.4) is 0 Å².